The van der Waals surface area contributed by atoms with Crippen LogP contribution < -0.4 is 5.32 Å². The second-order valence-corrected chi connectivity index (χ2v) is 5.37. The molecule has 0 aliphatic rings. The summed E-state index contributed by atoms with van der Waals surface area (Å²) in [6.07, 6.45) is 0.438. The van der Waals surface area contributed by atoms with Gasteiger partial charge in [0, 0.05) is 0 Å². The Kier molecular flexibility index (Phi) is 5.05. The molecule has 1 aromatic heterocycles. The number of carbonyl (C=O) groups is 1. The van der Waals surface area contributed by atoms with Crippen molar-refractivity contribution in [3.63, 3.8) is 0 Å². The first-order valence-electron chi connectivity index (χ1n) is 7.83. The quantitative estimate of drug-likeness (QED) is 0.392. The third-order valence-electron chi connectivity index (χ3n) is 3.65. The van der Waals surface area contributed by atoms with Crippen LogP contribution in [0.2, 0.25) is 0 Å². The molecule has 8 nitrogen and oxygen atoms in total. The molecule has 0 aliphatic carbocycles. The van der Waals surface area contributed by atoms with E-state index in [0.29, 0.717) is 28.9 Å². The maximum absolute atomic E-state index is 10.9. The van der Waals surface area contributed by atoms with Crippen LogP contribution in [0.4, 0.5) is 17.2 Å². The lowest BCUT2D eigenvalue weighted by molar-refractivity contribution is -0.105. The van der Waals surface area contributed by atoms with Crippen LogP contribution in [0.5, 0.6) is 5.88 Å². The first-order chi connectivity index (χ1) is 13.1. The fraction of sp³-hybridized carbons (Fsp3) is 0. The van der Waals surface area contributed by atoms with E-state index in [1.807, 2.05) is 12.1 Å². The molecular formula is C19H14N6O2. The van der Waals surface area contributed by atoms with Gasteiger partial charge in [-0.3, -0.25) is 4.79 Å². The molecule has 3 aromatic rings. The number of aromatic hydroxyl groups is 1. The number of hydrogen-bond acceptors (Lipinski definition) is 6. The van der Waals surface area contributed by atoms with Crippen LogP contribution in [0.3, 0.4) is 0 Å². The van der Waals surface area contributed by atoms with Crippen LogP contribution in [-0.4, -0.2) is 21.3 Å². The molecule has 0 atom stereocenters. The number of azo groups is 1. The molecule has 0 fully saturated rings. The summed E-state index contributed by atoms with van der Waals surface area (Å²) < 4.78 is 1.21. The summed E-state index contributed by atoms with van der Waals surface area (Å²) in [7, 11) is 0. The van der Waals surface area contributed by atoms with Crippen molar-refractivity contribution in [2.75, 3.05) is 5.32 Å². The fourth-order valence-corrected chi connectivity index (χ4v) is 2.30. The van der Waals surface area contributed by atoms with E-state index < -0.39 is 0 Å². The lowest BCUT2D eigenvalue weighted by Crippen LogP contribution is -1.99. The first kappa shape index (κ1) is 17.6. The monoisotopic (exact) mass is 358 g/mol. The minimum Gasteiger partial charge on any atom is -0.492 e. The number of anilines is 1. The van der Waals surface area contributed by atoms with Crippen LogP contribution in [-0.2, 0) is 4.79 Å². The minimum absolute atomic E-state index is 0.0245. The van der Waals surface area contributed by atoms with Gasteiger partial charge in [0.25, 0.3) is 0 Å². The lowest BCUT2D eigenvalue weighted by atomic mass is 10.1. The van der Waals surface area contributed by atoms with E-state index in [9.17, 15) is 9.90 Å². The zero-order chi connectivity index (χ0) is 19.2. The zero-order valence-corrected chi connectivity index (χ0v) is 14.1. The Bertz CT molecular complexity index is 1050. The Balaban J connectivity index is 2.00. The first-order valence-corrected chi connectivity index (χ1v) is 7.83. The van der Waals surface area contributed by atoms with Crippen LogP contribution in [0.25, 0.3) is 11.3 Å². The molecule has 0 radical (unpaired) electrons. The van der Waals surface area contributed by atoms with Crippen molar-refractivity contribution < 1.29 is 9.90 Å². The van der Waals surface area contributed by atoms with Crippen LogP contribution in [0.15, 0.2) is 71.4 Å². The van der Waals surface area contributed by atoms with Gasteiger partial charge in [0.1, 0.15) is 0 Å². The summed E-state index contributed by atoms with van der Waals surface area (Å²) in [5.74, 6) is -0.224. The van der Waals surface area contributed by atoms with Crippen molar-refractivity contribution in [1.82, 2.24) is 9.78 Å². The number of carbonyl (C=O) groups excluding carboxylic acids is 1. The van der Waals surface area contributed by atoms with E-state index in [2.05, 4.69) is 27.2 Å². The van der Waals surface area contributed by atoms with Gasteiger partial charge in [-0.1, -0.05) is 36.9 Å². The molecule has 0 saturated carbocycles. The number of nitrogens with one attached hydrogen (secondary N) is 1. The Morgan fingerprint density at radius 1 is 1.19 bits per heavy atom. The van der Waals surface area contributed by atoms with Gasteiger partial charge < -0.3 is 10.4 Å². The van der Waals surface area contributed by atoms with E-state index in [-0.39, 0.29) is 17.4 Å². The predicted molar refractivity (Wildman–Crippen MR) is 100 cm³/mol. The summed E-state index contributed by atoms with van der Waals surface area (Å²) in [5.41, 5.74) is 2.10. The molecule has 0 aliphatic heterocycles. The van der Waals surface area contributed by atoms with E-state index in [1.54, 1.807) is 48.5 Å². The molecule has 2 N–H and O–H groups in total. The van der Waals surface area contributed by atoms with Crippen molar-refractivity contribution in [3.05, 3.63) is 66.7 Å². The molecule has 0 unspecified atom stereocenters. The van der Waals surface area contributed by atoms with Crippen molar-refractivity contribution in [1.29, 1.82) is 5.26 Å². The van der Waals surface area contributed by atoms with Gasteiger partial charge >= 0.3 is 0 Å². The second kappa shape index (κ2) is 7.76. The molecular weight excluding hydrogens is 344 g/mol. The van der Waals surface area contributed by atoms with Gasteiger partial charge in [-0.15, -0.1) is 10.2 Å². The molecule has 8 heteroatoms. The van der Waals surface area contributed by atoms with Gasteiger partial charge in [0.15, 0.2) is 11.5 Å². The van der Waals surface area contributed by atoms with Crippen LogP contribution in [0.1, 0.15) is 5.56 Å². The Morgan fingerprint density at radius 3 is 2.52 bits per heavy atom. The number of nitriles is 1. The zero-order valence-electron chi connectivity index (χ0n) is 14.1. The van der Waals surface area contributed by atoms with E-state index in [0.717, 1.165) is 0 Å². The summed E-state index contributed by atoms with van der Waals surface area (Å²) in [6.45, 7) is 3.65. The number of rotatable bonds is 6. The third-order valence-corrected chi connectivity index (χ3v) is 3.65. The molecule has 1 amide bonds. The average molecular weight is 358 g/mol. The van der Waals surface area contributed by atoms with Crippen molar-refractivity contribution in [2.24, 2.45) is 10.2 Å². The smallest absolute Gasteiger partial charge is 0.245 e. The minimum atomic E-state index is -0.286. The molecule has 1 heterocycles. The summed E-state index contributed by atoms with van der Waals surface area (Å²) in [4.78, 5) is 10.9. The standard InChI is InChI=1S/C19H14N6O2/c1-13(11-20)14-7-9-16(10-8-14)25-19(27)17(18(24-25)21-12-26)23-22-15-5-3-2-4-6-15/h2-10,12,27H,1H2,(H,21,24,26). The van der Waals surface area contributed by atoms with Gasteiger partial charge in [-0.05, 0) is 29.8 Å². The summed E-state index contributed by atoms with van der Waals surface area (Å²) in [5, 5.41) is 34.0. The number of hydrogen-bond donors (Lipinski definition) is 2. The largest absolute Gasteiger partial charge is 0.492 e. The van der Waals surface area contributed by atoms with Gasteiger partial charge in [-0.2, -0.15) is 15.1 Å². The molecule has 2 aromatic carbocycles. The van der Waals surface area contributed by atoms with Crippen LogP contribution >= 0.6 is 0 Å². The molecule has 3 rings (SSSR count). The van der Waals surface area contributed by atoms with Crippen molar-refractivity contribution in [3.8, 4) is 17.6 Å². The van der Waals surface area contributed by atoms with E-state index in [4.69, 9.17) is 5.26 Å². The third kappa shape index (κ3) is 3.72. The number of aromatic nitrogens is 2. The Labute approximate surface area is 154 Å². The molecule has 0 saturated heterocycles. The topological polar surface area (TPSA) is 116 Å². The maximum atomic E-state index is 10.9. The number of allylic oxidation sites excluding steroid dienone is 1. The Hall–Kier alpha value is -4.25. The normalized spacial score (nSPS) is 10.5. The summed E-state index contributed by atoms with van der Waals surface area (Å²) in [6, 6.07) is 17.6. The SMILES string of the molecule is C=C(C#N)c1ccc(-n2nc(NC=O)c(N=Nc3ccccc3)c2O)cc1. The molecule has 132 valence electrons. The van der Waals surface area contributed by atoms with Gasteiger partial charge in [0.2, 0.25) is 12.3 Å². The fourth-order valence-electron chi connectivity index (χ4n) is 2.30. The summed E-state index contributed by atoms with van der Waals surface area (Å²) >= 11 is 0. The second-order valence-electron chi connectivity index (χ2n) is 5.37. The highest BCUT2D eigenvalue weighted by molar-refractivity contribution is 5.79. The molecule has 0 bridgehead atoms. The highest BCUT2D eigenvalue weighted by atomic mass is 16.3. The lowest BCUT2D eigenvalue weighted by Gasteiger charge is -2.04. The van der Waals surface area contributed by atoms with E-state index >= 15 is 0 Å². The number of nitrogens with zero attached hydrogens (tertiary/aromatic N) is 5. The van der Waals surface area contributed by atoms with Crippen LogP contribution in [0, 0.1) is 11.3 Å². The van der Waals surface area contributed by atoms with Gasteiger partial charge in [0.05, 0.1) is 23.0 Å². The highest BCUT2D eigenvalue weighted by Crippen LogP contribution is 2.37. The predicted octanol–water partition coefficient (Wildman–Crippen LogP) is 4.10. The number of benzene rings is 2. The van der Waals surface area contributed by atoms with E-state index in [1.165, 1.54) is 4.68 Å². The maximum Gasteiger partial charge on any atom is 0.245 e. The molecule has 27 heavy (non-hydrogen) atoms. The number of amides is 1. The Morgan fingerprint density at radius 2 is 1.89 bits per heavy atom. The molecule has 0 spiro atoms. The van der Waals surface area contributed by atoms with Crippen molar-refractivity contribution >= 4 is 29.2 Å². The average Bonchev–Trinajstić information content (AvgIpc) is 3.02. The van der Waals surface area contributed by atoms with Crippen molar-refractivity contribution in [2.45, 2.75) is 0 Å². The highest BCUT2D eigenvalue weighted by Gasteiger charge is 2.18. The van der Waals surface area contributed by atoms with Gasteiger partial charge in [-0.25, -0.2) is 0 Å².